The molecule has 0 unspecified atom stereocenters. The highest BCUT2D eigenvalue weighted by Gasteiger charge is 2.08. The number of nitrogens with zero attached hydrogens (tertiary/aromatic N) is 2. The van der Waals surface area contributed by atoms with Crippen LogP contribution in [0.3, 0.4) is 0 Å². The Bertz CT molecular complexity index is 766. The molecule has 0 aliphatic heterocycles. The van der Waals surface area contributed by atoms with Crippen molar-refractivity contribution in [3.63, 3.8) is 0 Å². The lowest BCUT2D eigenvalue weighted by Gasteiger charge is -2.11. The molecule has 0 bridgehead atoms. The molecular weight excluding hydrogens is 262 g/mol. The maximum Gasteiger partial charge on any atom is 0.226 e. The molecule has 1 N–H and O–H groups in total. The van der Waals surface area contributed by atoms with Crippen molar-refractivity contribution in [2.45, 2.75) is 13.8 Å². The molecule has 1 heterocycles. The first-order chi connectivity index (χ1) is 10.3. The molecule has 3 rings (SSSR count). The zero-order valence-electron chi connectivity index (χ0n) is 12.1. The summed E-state index contributed by atoms with van der Waals surface area (Å²) < 4.78 is 6.02. The number of aromatic nitrogens is 2. The van der Waals surface area contributed by atoms with Crippen molar-refractivity contribution in [3.05, 3.63) is 54.2 Å². The van der Waals surface area contributed by atoms with Crippen molar-refractivity contribution in [2.24, 2.45) is 0 Å². The van der Waals surface area contributed by atoms with Crippen LogP contribution in [-0.2, 0) is 0 Å². The fourth-order valence-electron chi connectivity index (χ4n) is 2.16. The van der Waals surface area contributed by atoms with Crippen LogP contribution in [0.1, 0.15) is 12.5 Å². The molecule has 0 spiro atoms. The summed E-state index contributed by atoms with van der Waals surface area (Å²) in [5.41, 5.74) is 0.907. The molecule has 2 aromatic carbocycles. The lowest BCUT2D eigenvalue weighted by atomic mass is 10.1. The van der Waals surface area contributed by atoms with Gasteiger partial charge in [0, 0.05) is 23.7 Å². The van der Waals surface area contributed by atoms with E-state index in [9.17, 15) is 0 Å². The van der Waals surface area contributed by atoms with Crippen molar-refractivity contribution >= 4 is 16.7 Å². The molecule has 4 heteroatoms. The Morgan fingerprint density at radius 2 is 1.90 bits per heavy atom. The van der Waals surface area contributed by atoms with Gasteiger partial charge in [0.2, 0.25) is 11.8 Å². The van der Waals surface area contributed by atoms with E-state index in [2.05, 4.69) is 27.4 Å². The number of hydrogen-bond acceptors (Lipinski definition) is 4. The van der Waals surface area contributed by atoms with Crippen LogP contribution in [0.5, 0.6) is 11.6 Å². The third-order valence-electron chi connectivity index (χ3n) is 3.22. The number of anilines is 1. The predicted octanol–water partition coefficient (Wildman–Crippen LogP) is 4.16. The van der Waals surface area contributed by atoms with Gasteiger partial charge in [-0.2, -0.15) is 4.98 Å². The quantitative estimate of drug-likeness (QED) is 0.779. The van der Waals surface area contributed by atoms with Crippen molar-refractivity contribution in [3.8, 4) is 11.6 Å². The Morgan fingerprint density at radius 1 is 1.10 bits per heavy atom. The molecule has 0 radical (unpaired) electrons. The zero-order chi connectivity index (χ0) is 14.7. The molecule has 0 saturated heterocycles. The molecular formula is C17H17N3O. The van der Waals surface area contributed by atoms with Crippen LogP contribution in [0.25, 0.3) is 10.8 Å². The molecule has 4 nitrogen and oxygen atoms in total. The minimum absolute atomic E-state index is 0.581. The van der Waals surface area contributed by atoms with Crippen molar-refractivity contribution < 1.29 is 4.74 Å². The summed E-state index contributed by atoms with van der Waals surface area (Å²) >= 11 is 0. The maximum atomic E-state index is 6.02. The number of benzene rings is 2. The number of nitrogens with one attached hydrogen (secondary N) is 1. The second-order valence-corrected chi connectivity index (χ2v) is 4.79. The third-order valence-corrected chi connectivity index (χ3v) is 3.22. The van der Waals surface area contributed by atoms with Gasteiger partial charge >= 0.3 is 0 Å². The van der Waals surface area contributed by atoms with Crippen molar-refractivity contribution in [2.75, 3.05) is 11.9 Å². The van der Waals surface area contributed by atoms with Crippen LogP contribution >= 0.6 is 0 Å². The van der Waals surface area contributed by atoms with E-state index in [1.165, 1.54) is 0 Å². The first kappa shape index (κ1) is 13.4. The smallest absolute Gasteiger partial charge is 0.226 e. The minimum atomic E-state index is 0.581. The second-order valence-electron chi connectivity index (χ2n) is 4.79. The Morgan fingerprint density at radius 3 is 2.76 bits per heavy atom. The summed E-state index contributed by atoms with van der Waals surface area (Å²) in [5, 5.41) is 5.31. The Hall–Kier alpha value is -2.62. The molecule has 0 fully saturated rings. The van der Waals surface area contributed by atoms with E-state index >= 15 is 0 Å². The average Bonchev–Trinajstić information content (AvgIpc) is 2.51. The van der Waals surface area contributed by atoms with Gasteiger partial charge in [-0.25, -0.2) is 4.98 Å². The molecule has 3 aromatic rings. The monoisotopic (exact) mass is 279 g/mol. The van der Waals surface area contributed by atoms with Gasteiger partial charge in [-0.1, -0.05) is 36.4 Å². The van der Waals surface area contributed by atoms with Gasteiger partial charge < -0.3 is 10.1 Å². The summed E-state index contributed by atoms with van der Waals surface area (Å²) in [6.07, 6.45) is 1.77. The van der Waals surface area contributed by atoms with E-state index in [1.807, 2.05) is 44.2 Å². The standard InChI is InChI=1S/C17H17N3O/c1-3-18-17-19-11-12(2)16(20-17)21-15-10-6-8-13-7-4-5-9-14(13)15/h4-11H,3H2,1-2H3,(H,18,19,20). The lowest BCUT2D eigenvalue weighted by Crippen LogP contribution is -2.03. The summed E-state index contributed by atoms with van der Waals surface area (Å²) in [4.78, 5) is 8.65. The van der Waals surface area contributed by atoms with E-state index in [1.54, 1.807) is 6.20 Å². The van der Waals surface area contributed by atoms with Crippen LogP contribution in [0, 0.1) is 6.92 Å². The number of rotatable bonds is 4. The SMILES string of the molecule is CCNc1ncc(C)c(Oc2cccc3ccccc23)n1. The molecule has 0 atom stereocenters. The van der Waals surface area contributed by atoms with Crippen molar-refractivity contribution in [1.29, 1.82) is 0 Å². The Kier molecular flexibility index (Phi) is 3.69. The van der Waals surface area contributed by atoms with E-state index in [0.29, 0.717) is 11.8 Å². The molecule has 1 aromatic heterocycles. The summed E-state index contributed by atoms with van der Waals surface area (Å²) in [5.74, 6) is 1.97. The van der Waals surface area contributed by atoms with Crippen LogP contribution < -0.4 is 10.1 Å². The van der Waals surface area contributed by atoms with Gasteiger partial charge in [-0.15, -0.1) is 0 Å². The van der Waals surface area contributed by atoms with Crippen LogP contribution in [0.15, 0.2) is 48.7 Å². The molecule has 0 aliphatic carbocycles. The number of fused-ring (bicyclic) bond motifs is 1. The van der Waals surface area contributed by atoms with E-state index in [0.717, 1.165) is 28.6 Å². The molecule has 21 heavy (non-hydrogen) atoms. The highest BCUT2D eigenvalue weighted by molar-refractivity contribution is 5.88. The first-order valence-electron chi connectivity index (χ1n) is 7.01. The number of aryl methyl sites for hydroxylation is 1. The fraction of sp³-hybridized carbons (Fsp3) is 0.176. The largest absolute Gasteiger partial charge is 0.438 e. The molecule has 106 valence electrons. The van der Waals surface area contributed by atoms with Gasteiger partial charge in [0.1, 0.15) is 5.75 Å². The van der Waals surface area contributed by atoms with Gasteiger partial charge in [0.15, 0.2) is 0 Å². The highest BCUT2D eigenvalue weighted by Crippen LogP contribution is 2.30. The van der Waals surface area contributed by atoms with E-state index < -0.39 is 0 Å². The Labute approximate surface area is 123 Å². The average molecular weight is 279 g/mol. The van der Waals surface area contributed by atoms with Crippen LogP contribution in [0.2, 0.25) is 0 Å². The number of hydrogen-bond donors (Lipinski definition) is 1. The van der Waals surface area contributed by atoms with E-state index in [-0.39, 0.29) is 0 Å². The normalized spacial score (nSPS) is 10.6. The predicted molar refractivity (Wildman–Crippen MR) is 85.0 cm³/mol. The summed E-state index contributed by atoms with van der Waals surface area (Å²) in [6, 6.07) is 14.2. The van der Waals surface area contributed by atoms with E-state index in [4.69, 9.17) is 4.74 Å². The topological polar surface area (TPSA) is 47.0 Å². The number of ether oxygens (including phenoxy) is 1. The van der Waals surface area contributed by atoms with Gasteiger partial charge in [-0.3, -0.25) is 0 Å². The Balaban J connectivity index is 2.00. The van der Waals surface area contributed by atoms with Crippen LogP contribution in [0.4, 0.5) is 5.95 Å². The van der Waals surface area contributed by atoms with Crippen molar-refractivity contribution in [1.82, 2.24) is 9.97 Å². The molecule has 0 saturated carbocycles. The zero-order valence-corrected chi connectivity index (χ0v) is 12.1. The van der Waals surface area contributed by atoms with Gasteiger partial charge in [0.05, 0.1) is 0 Å². The maximum absolute atomic E-state index is 6.02. The highest BCUT2D eigenvalue weighted by atomic mass is 16.5. The van der Waals surface area contributed by atoms with Gasteiger partial charge in [-0.05, 0) is 25.3 Å². The molecule has 0 aliphatic rings. The molecule has 0 amide bonds. The second kappa shape index (κ2) is 5.79. The first-order valence-corrected chi connectivity index (χ1v) is 7.01. The summed E-state index contributed by atoms with van der Waals surface area (Å²) in [6.45, 7) is 4.72. The lowest BCUT2D eigenvalue weighted by molar-refractivity contribution is 0.463. The fourth-order valence-corrected chi connectivity index (χ4v) is 2.16. The summed E-state index contributed by atoms with van der Waals surface area (Å²) in [7, 11) is 0. The third kappa shape index (κ3) is 2.79. The minimum Gasteiger partial charge on any atom is -0.438 e. The van der Waals surface area contributed by atoms with Crippen LogP contribution in [-0.4, -0.2) is 16.5 Å². The van der Waals surface area contributed by atoms with Gasteiger partial charge in [0.25, 0.3) is 0 Å².